The van der Waals surface area contributed by atoms with Gasteiger partial charge in [-0.15, -0.1) is 0 Å². The van der Waals surface area contributed by atoms with Gasteiger partial charge < -0.3 is 4.98 Å². The first-order valence-corrected chi connectivity index (χ1v) is 9.85. The number of aromatic amines is 1. The van der Waals surface area contributed by atoms with E-state index in [4.69, 9.17) is 0 Å². The van der Waals surface area contributed by atoms with Gasteiger partial charge in [-0.25, -0.2) is 4.98 Å². The van der Waals surface area contributed by atoms with Crippen molar-refractivity contribution < 1.29 is 0 Å². The van der Waals surface area contributed by atoms with E-state index in [-0.39, 0.29) is 5.56 Å². The minimum Gasteiger partial charge on any atom is -0.305 e. The number of allylic oxidation sites excluding steroid dienone is 1. The van der Waals surface area contributed by atoms with E-state index in [1.165, 1.54) is 5.56 Å². The van der Waals surface area contributed by atoms with Crippen LogP contribution < -0.4 is 5.56 Å². The number of hydrogen-bond acceptors (Lipinski definition) is 5. The summed E-state index contributed by atoms with van der Waals surface area (Å²) in [7, 11) is 0. The van der Waals surface area contributed by atoms with Gasteiger partial charge in [0.2, 0.25) is 0 Å². The third-order valence-electron chi connectivity index (χ3n) is 5.39. The zero-order valence-corrected chi connectivity index (χ0v) is 17.2. The molecule has 4 heterocycles. The molecule has 1 aliphatic rings. The highest BCUT2D eigenvalue weighted by Crippen LogP contribution is 2.22. The van der Waals surface area contributed by atoms with E-state index < -0.39 is 0 Å². The van der Waals surface area contributed by atoms with Crippen LogP contribution in [0.5, 0.6) is 0 Å². The van der Waals surface area contributed by atoms with Crippen molar-refractivity contribution in [2.45, 2.75) is 46.8 Å². The molecule has 0 fully saturated rings. The quantitative estimate of drug-likeness (QED) is 0.678. The molecule has 0 aliphatic carbocycles. The van der Waals surface area contributed by atoms with E-state index in [1.807, 2.05) is 36.7 Å². The number of nitrogens with one attached hydrogen (secondary N) is 1. The molecule has 1 aliphatic heterocycles. The Bertz CT molecular complexity index is 1110. The van der Waals surface area contributed by atoms with Crippen LogP contribution in [0.1, 0.15) is 35.1 Å². The molecule has 3 aromatic heterocycles. The van der Waals surface area contributed by atoms with Crippen LogP contribution in [-0.2, 0) is 26.1 Å². The zero-order chi connectivity index (χ0) is 20.5. The van der Waals surface area contributed by atoms with E-state index >= 15 is 0 Å². The summed E-state index contributed by atoms with van der Waals surface area (Å²) in [5.74, 6) is 0.538. The summed E-state index contributed by atoms with van der Waals surface area (Å²) < 4.78 is 2.01. The van der Waals surface area contributed by atoms with E-state index in [2.05, 4.69) is 38.5 Å². The van der Waals surface area contributed by atoms with E-state index in [1.54, 1.807) is 6.20 Å². The van der Waals surface area contributed by atoms with Gasteiger partial charge in [-0.05, 0) is 32.9 Å². The molecule has 3 aromatic rings. The number of aryl methyl sites for hydroxylation is 1. The van der Waals surface area contributed by atoms with E-state index in [0.717, 1.165) is 54.3 Å². The molecular formula is C22H26N6O. The van der Waals surface area contributed by atoms with Crippen molar-refractivity contribution in [3.8, 4) is 11.5 Å². The standard InChI is InChI=1S/C22H26N6O/c1-14(2)11-28-16(4)17(15(3)26-28)12-27-10-8-19-18(13-27)22(29)25-21(24-19)20-7-5-6-9-23-20/h5-7,9H,1,8,10-13H2,2-4H3,(H,24,25,29). The lowest BCUT2D eigenvalue weighted by Crippen LogP contribution is -2.35. The Labute approximate surface area is 170 Å². The summed E-state index contributed by atoms with van der Waals surface area (Å²) in [6.45, 7) is 13.1. The van der Waals surface area contributed by atoms with Crippen molar-refractivity contribution >= 4 is 0 Å². The number of aromatic nitrogens is 5. The van der Waals surface area contributed by atoms with Crippen LogP contribution in [0.3, 0.4) is 0 Å². The second-order valence-corrected chi connectivity index (χ2v) is 7.78. The monoisotopic (exact) mass is 390 g/mol. The number of H-pyrrole nitrogens is 1. The topological polar surface area (TPSA) is 79.7 Å². The van der Waals surface area contributed by atoms with Crippen LogP contribution in [0.25, 0.3) is 11.5 Å². The first kappa shape index (κ1) is 19.3. The maximum Gasteiger partial charge on any atom is 0.255 e. The molecule has 4 rings (SSSR count). The fourth-order valence-corrected chi connectivity index (χ4v) is 3.84. The lowest BCUT2D eigenvalue weighted by atomic mass is 10.1. The first-order chi connectivity index (χ1) is 13.9. The molecule has 7 nitrogen and oxygen atoms in total. The predicted octanol–water partition coefficient (Wildman–Crippen LogP) is 2.78. The van der Waals surface area contributed by atoms with Gasteiger partial charge in [0.05, 0.1) is 23.5 Å². The molecule has 0 saturated heterocycles. The first-order valence-electron chi connectivity index (χ1n) is 9.85. The summed E-state index contributed by atoms with van der Waals surface area (Å²) in [5.41, 5.74) is 6.73. The molecule has 0 unspecified atom stereocenters. The third-order valence-corrected chi connectivity index (χ3v) is 5.39. The highest BCUT2D eigenvalue weighted by atomic mass is 16.1. The third kappa shape index (κ3) is 3.91. The summed E-state index contributed by atoms with van der Waals surface area (Å²) in [4.78, 5) is 26.9. The largest absolute Gasteiger partial charge is 0.305 e. The number of nitrogens with zero attached hydrogens (tertiary/aromatic N) is 5. The van der Waals surface area contributed by atoms with Crippen LogP contribution in [-0.4, -0.2) is 36.2 Å². The molecule has 0 amide bonds. The van der Waals surface area contributed by atoms with Gasteiger partial charge in [0.25, 0.3) is 5.56 Å². The molecule has 0 spiro atoms. The Hall–Kier alpha value is -3.06. The van der Waals surface area contributed by atoms with Crippen molar-refractivity contribution in [3.63, 3.8) is 0 Å². The molecule has 0 aromatic carbocycles. The number of hydrogen-bond donors (Lipinski definition) is 1. The summed E-state index contributed by atoms with van der Waals surface area (Å²) in [5, 5.41) is 4.66. The fourth-order valence-electron chi connectivity index (χ4n) is 3.84. The number of rotatable bonds is 5. The van der Waals surface area contributed by atoms with Gasteiger partial charge >= 0.3 is 0 Å². The molecule has 0 radical (unpaired) electrons. The Kier molecular flexibility index (Phi) is 5.15. The molecule has 7 heteroatoms. The van der Waals surface area contributed by atoms with Gasteiger partial charge in [-0.1, -0.05) is 18.2 Å². The number of fused-ring (bicyclic) bond motifs is 1. The Morgan fingerprint density at radius 1 is 1.31 bits per heavy atom. The van der Waals surface area contributed by atoms with Crippen LogP contribution in [0, 0.1) is 13.8 Å². The van der Waals surface area contributed by atoms with Crippen molar-refractivity contribution in [3.05, 3.63) is 75.1 Å². The molecule has 1 N–H and O–H groups in total. The molecule has 0 atom stereocenters. The number of pyridine rings is 1. The Balaban J connectivity index is 1.56. The normalized spacial score (nSPS) is 14.0. The van der Waals surface area contributed by atoms with Gasteiger partial charge in [0.15, 0.2) is 5.82 Å². The van der Waals surface area contributed by atoms with Crippen molar-refractivity contribution in [1.82, 2.24) is 29.6 Å². The zero-order valence-electron chi connectivity index (χ0n) is 17.2. The van der Waals surface area contributed by atoms with Crippen molar-refractivity contribution in [2.24, 2.45) is 0 Å². The molecular weight excluding hydrogens is 364 g/mol. The second-order valence-electron chi connectivity index (χ2n) is 7.78. The SMILES string of the molecule is C=C(C)Cn1nc(C)c(CN2CCc3nc(-c4ccccn4)[nH]c(=O)c3C2)c1C. The van der Waals surface area contributed by atoms with Crippen molar-refractivity contribution in [2.75, 3.05) is 6.54 Å². The van der Waals surface area contributed by atoms with Crippen LogP contribution in [0.4, 0.5) is 0 Å². The van der Waals surface area contributed by atoms with Crippen LogP contribution in [0.2, 0.25) is 0 Å². The molecule has 29 heavy (non-hydrogen) atoms. The van der Waals surface area contributed by atoms with Gasteiger partial charge in [-0.3, -0.25) is 19.4 Å². The van der Waals surface area contributed by atoms with Crippen LogP contribution >= 0.6 is 0 Å². The lowest BCUT2D eigenvalue weighted by molar-refractivity contribution is 0.241. The smallest absolute Gasteiger partial charge is 0.255 e. The lowest BCUT2D eigenvalue weighted by Gasteiger charge is -2.27. The maximum absolute atomic E-state index is 12.7. The predicted molar refractivity (Wildman–Crippen MR) is 112 cm³/mol. The minimum absolute atomic E-state index is 0.0771. The highest BCUT2D eigenvalue weighted by molar-refractivity contribution is 5.49. The Morgan fingerprint density at radius 2 is 2.14 bits per heavy atom. The van der Waals surface area contributed by atoms with Gasteiger partial charge in [-0.2, -0.15) is 5.10 Å². The van der Waals surface area contributed by atoms with Crippen LogP contribution in [0.15, 0.2) is 41.3 Å². The highest BCUT2D eigenvalue weighted by Gasteiger charge is 2.23. The second kappa shape index (κ2) is 7.75. The fraction of sp³-hybridized carbons (Fsp3) is 0.364. The van der Waals surface area contributed by atoms with E-state index in [9.17, 15) is 4.79 Å². The average Bonchev–Trinajstić information content (AvgIpc) is 2.95. The minimum atomic E-state index is -0.0771. The average molecular weight is 390 g/mol. The van der Waals surface area contributed by atoms with Gasteiger partial charge in [0.1, 0.15) is 5.69 Å². The maximum atomic E-state index is 12.7. The van der Waals surface area contributed by atoms with Crippen molar-refractivity contribution in [1.29, 1.82) is 0 Å². The molecule has 0 saturated carbocycles. The molecule has 0 bridgehead atoms. The molecule has 150 valence electrons. The summed E-state index contributed by atoms with van der Waals surface area (Å²) in [6, 6.07) is 5.59. The van der Waals surface area contributed by atoms with E-state index in [0.29, 0.717) is 18.1 Å². The summed E-state index contributed by atoms with van der Waals surface area (Å²) >= 11 is 0. The summed E-state index contributed by atoms with van der Waals surface area (Å²) in [6.07, 6.45) is 2.45. The van der Waals surface area contributed by atoms with Gasteiger partial charge in [0, 0.05) is 43.5 Å². The Morgan fingerprint density at radius 3 is 2.86 bits per heavy atom.